The quantitative estimate of drug-likeness (QED) is 0.833. The third-order valence-electron chi connectivity index (χ3n) is 3.45. The minimum absolute atomic E-state index is 0.00369. The molecular formula is C14H20N2O4S. The van der Waals surface area contributed by atoms with Crippen molar-refractivity contribution in [2.24, 2.45) is 0 Å². The van der Waals surface area contributed by atoms with Crippen LogP contribution in [-0.4, -0.2) is 45.4 Å². The molecule has 0 amide bonds. The van der Waals surface area contributed by atoms with Crippen molar-refractivity contribution in [1.82, 2.24) is 4.31 Å². The number of sulfonamides is 1. The van der Waals surface area contributed by atoms with Crippen LogP contribution >= 0.6 is 0 Å². The molecule has 2 rings (SSSR count). The van der Waals surface area contributed by atoms with Crippen molar-refractivity contribution in [2.75, 3.05) is 32.1 Å². The van der Waals surface area contributed by atoms with Crippen LogP contribution in [0.3, 0.4) is 0 Å². The average Bonchev–Trinajstić information content (AvgIpc) is 2.53. The van der Waals surface area contributed by atoms with Gasteiger partial charge in [0.25, 0.3) is 0 Å². The van der Waals surface area contributed by atoms with Gasteiger partial charge in [-0.2, -0.15) is 4.31 Å². The number of esters is 1. The van der Waals surface area contributed by atoms with Gasteiger partial charge in [-0.1, -0.05) is 12.5 Å². The molecule has 0 aromatic heterocycles. The van der Waals surface area contributed by atoms with Crippen molar-refractivity contribution in [3.8, 4) is 0 Å². The maximum atomic E-state index is 12.5. The average molecular weight is 312 g/mol. The zero-order valence-corrected chi connectivity index (χ0v) is 12.9. The Kier molecular flexibility index (Phi) is 5.19. The minimum atomic E-state index is -3.45. The Morgan fingerprint density at radius 2 is 2.00 bits per heavy atom. The highest BCUT2D eigenvalue weighted by Crippen LogP contribution is 2.22. The molecule has 0 bridgehead atoms. The van der Waals surface area contributed by atoms with Gasteiger partial charge < -0.3 is 10.1 Å². The molecule has 1 fully saturated rings. The van der Waals surface area contributed by atoms with E-state index in [-0.39, 0.29) is 11.4 Å². The van der Waals surface area contributed by atoms with Crippen molar-refractivity contribution in [3.05, 3.63) is 24.3 Å². The van der Waals surface area contributed by atoms with E-state index >= 15 is 0 Å². The van der Waals surface area contributed by atoms with Gasteiger partial charge in [0.05, 0.1) is 12.0 Å². The third-order valence-corrected chi connectivity index (χ3v) is 5.35. The largest absolute Gasteiger partial charge is 0.468 e. The first-order valence-corrected chi connectivity index (χ1v) is 8.39. The maximum Gasteiger partial charge on any atom is 0.325 e. The first-order chi connectivity index (χ1) is 10.0. The molecule has 0 unspecified atom stereocenters. The summed E-state index contributed by atoms with van der Waals surface area (Å²) in [4.78, 5) is 11.4. The van der Waals surface area contributed by atoms with Crippen LogP contribution in [0, 0.1) is 0 Å². The number of benzene rings is 1. The fraction of sp³-hybridized carbons (Fsp3) is 0.500. The Balaban J connectivity index is 2.14. The van der Waals surface area contributed by atoms with Gasteiger partial charge in [0.15, 0.2) is 0 Å². The van der Waals surface area contributed by atoms with Gasteiger partial charge in [0.1, 0.15) is 6.54 Å². The molecule has 116 valence electrons. The zero-order valence-electron chi connectivity index (χ0n) is 12.0. The number of anilines is 1. The predicted molar refractivity (Wildman–Crippen MR) is 79.6 cm³/mol. The molecule has 0 saturated carbocycles. The molecule has 21 heavy (non-hydrogen) atoms. The lowest BCUT2D eigenvalue weighted by atomic mass is 10.2. The van der Waals surface area contributed by atoms with Crippen molar-refractivity contribution in [1.29, 1.82) is 0 Å². The van der Waals surface area contributed by atoms with E-state index in [1.54, 1.807) is 24.3 Å². The minimum Gasteiger partial charge on any atom is -0.468 e. The molecule has 1 saturated heterocycles. The van der Waals surface area contributed by atoms with E-state index in [0.717, 1.165) is 19.3 Å². The van der Waals surface area contributed by atoms with Crippen LogP contribution in [0.15, 0.2) is 29.2 Å². The molecule has 1 aliphatic rings. The van der Waals surface area contributed by atoms with Crippen LogP contribution < -0.4 is 5.32 Å². The highest BCUT2D eigenvalue weighted by molar-refractivity contribution is 7.89. The predicted octanol–water partition coefficient (Wildman–Crippen LogP) is 1.45. The first-order valence-electron chi connectivity index (χ1n) is 6.95. The summed E-state index contributed by atoms with van der Waals surface area (Å²) in [5.74, 6) is -0.403. The molecule has 0 spiro atoms. The second kappa shape index (κ2) is 6.91. The fourth-order valence-corrected chi connectivity index (χ4v) is 3.83. The van der Waals surface area contributed by atoms with Gasteiger partial charge in [-0.15, -0.1) is 0 Å². The summed E-state index contributed by atoms with van der Waals surface area (Å²) in [6.07, 6.45) is 2.88. The van der Waals surface area contributed by atoms with E-state index in [4.69, 9.17) is 0 Å². The second-order valence-corrected chi connectivity index (χ2v) is 6.86. The van der Waals surface area contributed by atoms with Crippen LogP contribution in [0.25, 0.3) is 0 Å². The van der Waals surface area contributed by atoms with Crippen LogP contribution in [0.4, 0.5) is 5.69 Å². The molecule has 6 nitrogen and oxygen atoms in total. The summed E-state index contributed by atoms with van der Waals surface area (Å²) in [7, 11) is -2.14. The van der Waals surface area contributed by atoms with E-state index in [1.165, 1.54) is 11.4 Å². The van der Waals surface area contributed by atoms with Crippen molar-refractivity contribution < 1.29 is 17.9 Å². The highest BCUT2D eigenvalue weighted by Gasteiger charge is 2.25. The first kappa shape index (κ1) is 15.8. The lowest BCUT2D eigenvalue weighted by Crippen LogP contribution is -2.35. The number of carbonyl (C=O) groups is 1. The molecule has 0 atom stereocenters. The van der Waals surface area contributed by atoms with Gasteiger partial charge in [-0.25, -0.2) is 8.42 Å². The molecule has 7 heteroatoms. The fourth-order valence-electron chi connectivity index (χ4n) is 2.27. The Hall–Kier alpha value is -1.60. The van der Waals surface area contributed by atoms with Gasteiger partial charge in [0, 0.05) is 18.8 Å². The number of methoxy groups -OCH3 is 1. The Morgan fingerprint density at radius 3 is 2.67 bits per heavy atom. The zero-order chi connectivity index (χ0) is 15.3. The van der Waals surface area contributed by atoms with Gasteiger partial charge >= 0.3 is 5.97 Å². The molecule has 1 N–H and O–H groups in total. The molecule has 0 radical (unpaired) electrons. The van der Waals surface area contributed by atoms with Gasteiger partial charge in [0.2, 0.25) is 10.0 Å². The third kappa shape index (κ3) is 3.95. The molecule has 0 aliphatic carbocycles. The number of hydrogen-bond acceptors (Lipinski definition) is 5. The smallest absolute Gasteiger partial charge is 0.325 e. The number of carbonyl (C=O) groups excluding carboxylic acids is 1. The van der Waals surface area contributed by atoms with E-state index in [9.17, 15) is 13.2 Å². The standard InChI is InChI=1S/C14H20N2O4S/c1-20-14(17)11-15-12-6-5-7-13(10-12)21(18,19)16-8-3-2-4-9-16/h5-7,10,15H,2-4,8-9,11H2,1H3. The molecular weight excluding hydrogens is 292 g/mol. The van der Waals surface area contributed by atoms with Crippen LogP contribution in [0.2, 0.25) is 0 Å². The van der Waals surface area contributed by atoms with Crippen LogP contribution in [0.1, 0.15) is 19.3 Å². The Morgan fingerprint density at radius 1 is 1.29 bits per heavy atom. The Bertz CT molecular complexity index is 595. The topological polar surface area (TPSA) is 75.7 Å². The summed E-state index contributed by atoms with van der Waals surface area (Å²) in [5.41, 5.74) is 0.582. The number of nitrogens with zero attached hydrogens (tertiary/aromatic N) is 1. The number of piperidine rings is 1. The second-order valence-electron chi connectivity index (χ2n) is 4.92. The summed E-state index contributed by atoms with van der Waals surface area (Å²) in [6, 6.07) is 6.51. The van der Waals surface area contributed by atoms with Crippen molar-refractivity contribution >= 4 is 21.7 Å². The van der Waals surface area contributed by atoms with E-state index < -0.39 is 16.0 Å². The lowest BCUT2D eigenvalue weighted by Gasteiger charge is -2.26. The van der Waals surface area contributed by atoms with E-state index in [2.05, 4.69) is 10.1 Å². The molecule has 1 aliphatic heterocycles. The normalized spacial score (nSPS) is 16.4. The summed E-state index contributed by atoms with van der Waals surface area (Å²) in [6.45, 7) is 1.15. The van der Waals surface area contributed by atoms with Crippen molar-refractivity contribution in [2.45, 2.75) is 24.2 Å². The summed E-state index contributed by atoms with van der Waals surface area (Å²) in [5, 5.41) is 2.85. The van der Waals surface area contributed by atoms with Crippen LogP contribution in [-0.2, 0) is 19.6 Å². The van der Waals surface area contributed by atoms with E-state index in [1.807, 2.05) is 0 Å². The Labute approximate surface area is 125 Å². The monoisotopic (exact) mass is 312 g/mol. The molecule has 1 aromatic rings. The highest BCUT2D eigenvalue weighted by atomic mass is 32.2. The van der Waals surface area contributed by atoms with Gasteiger partial charge in [-0.3, -0.25) is 4.79 Å². The van der Waals surface area contributed by atoms with Crippen LogP contribution in [0.5, 0.6) is 0 Å². The lowest BCUT2D eigenvalue weighted by molar-refractivity contribution is -0.138. The number of nitrogens with one attached hydrogen (secondary N) is 1. The number of ether oxygens (including phenoxy) is 1. The number of hydrogen-bond donors (Lipinski definition) is 1. The number of rotatable bonds is 5. The SMILES string of the molecule is COC(=O)CNc1cccc(S(=O)(=O)N2CCCCC2)c1. The maximum absolute atomic E-state index is 12.5. The summed E-state index contributed by atoms with van der Waals surface area (Å²) >= 11 is 0. The van der Waals surface area contributed by atoms with Crippen molar-refractivity contribution in [3.63, 3.8) is 0 Å². The molecule has 1 aromatic carbocycles. The summed E-state index contributed by atoms with van der Waals surface area (Å²) < 4.78 is 31.1. The molecule has 1 heterocycles. The van der Waals surface area contributed by atoms with E-state index in [0.29, 0.717) is 18.8 Å². The van der Waals surface area contributed by atoms with Gasteiger partial charge in [-0.05, 0) is 31.0 Å².